The largest absolute Gasteiger partial charge is 0.497 e. The number of benzene rings is 1. The summed E-state index contributed by atoms with van der Waals surface area (Å²) >= 11 is 1.39. The molecule has 0 amide bonds. The van der Waals surface area contributed by atoms with Crippen molar-refractivity contribution < 1.29 is 14.3 Å². The minimum Gasteiger partial charge on any atom is -0.497 e. The molecule has 20 heavy (non-hydrogen) atoms. The molecule has 0 radical (unpaired) electrons. The molecule has 0 spiro atoms. The number of ether oxygens (including phenoxy) is 2. The van der Waals surface area contributed by atoms with Crippen LogP contribution in [0.3, 0.4) is 0 Å². The van der Waals surface area contributed by atoms with E-state index in [1.165, 1.54) is 18.4 Å². The highest BCUT2D eigenvalue weighted by molar-refractivity contribution is 7.15. The van der Waals surface area contributed by atoms with Crippen LogP contribution in [0.15, 0.2) is 24.3 Å². The summed E-state index contributed by atoms with van der Waals surface area (Å²) < 4.78 is 10.0. The van der Waals surface area contributed by atoms with Gasteiger partial charge in [-0.05, 0) is 24.1 Å². The fraction of sp³-hybridized carbons (Fsp3) is 0.267. The molecular weight excluding hydrogens is 274 g/mol. The first-order valence-electron chi connectivity index (χ1n) is 6.26. The molecule has 1 aromatic heterocycles. The summed E-state index contributed by atoms with van der Waals surface area (Å²) in [5.41, 5.74) is 8.48. The third-order valence-corrected chi connectivity index (χ3v) is 4.40. The van der Waals surface area contributed by atoms with Crippen LogP contribution in [0.25, 0.3) is 11.1 Å². The second-order valence-corrected chi connectivity index (χ2v) is 5.33. The fourth-order valence-corrected chi connectivity index (χ4v) is 3.18. The number of hydrogen-bond acceptors (Lipinski definition) is 5. The quantitative estimate of drug-likeness (QED) is 0.877. The molecule has 2 N–H and O–H groups in total. The fourth-order valence-electron chi connectivity index (χ4n) is 2.08. The van der Waals surface area contributed by atoms with E-state index in [2.05, 4.69) is 0 Å². The molecule has 0 unspecified atom stereocenters. The first-order valence-corrected chi connectivity index (χ1v) is 7.07. The molecule has 1 heterocycles. The predicted octanol–water partition coefficient (Wildman–Crippen LogP) is 3.35. The summed E-state index contributed by atoms with van der Waals surface area (Å²) in [5.74, 6) is 0.367. The van der Waals surface area contributed by atoms with Gasteiger partial charge in [-0.3, -0.25) is 0 Å². The molecule has 0 saturated carbocycles. The van der Waals surface area contributed by atoms with Crippen molar-refractivity contribution in [1.82, 2.24) is 0 Å². The monoisotopic (exact) mass is 291 g/mol. The number of nitrogens with two attached hydrogens (primary N) is 1. The Labute approximate surface area is 122 Å². The van der Waals surface area contributed by atoms with E-state index in [4.69, 9.17) is 15.2 Å². The molecule has 2 aromatic rings. The molecule has 1 aromatic carbocycles. The Balaban J connectivity index is 2.60. The van der Waals surface area contributed by atoms with Crippen molar-refractivity contribution in [3.8, 4) is 16.9 Å². The van der Waals surface area contributed by atoms with Crippen LogP contribution in [0.2, 0.25) is 0 Å². The molecule has 4 nitrogen and oxygen atoms in total. The zero-order valence-corrected chi connectivity index (χ0v) is 12.5. The van der Waals surface area contributed by atoms with Crippen molar-refractivity contribution in [3.63, 3.8) is 0 Å². The Bertz CT molecular complexity index is 634. The molecule has 106 valence electrons. The zero-order valence-electron chi connectivity index (χ0n) is 11.7. The molecule has 5 heteroatoms. The summed E-state index contributed by atoms with van der Waals surface area (Å²) in [6.45, 7) is 2.04. The molecule has 0 aliphatic heterocycles. The molecular formula is C15H17NO3S. The number of nitrogen functional groups attached to an aromatic ring is 1. The average molecular weight is 291 g/mol. The van der Waals surface area contributed by atoms with Gasteiger partial charge in [0.2, 0.25) is 0 Å². The highest BCUT2D eigenvalue weighted by atomic mass is 32.1. The molecule has 0 fully saturated rings. The second-order valence-electron chi connectivity index (χ2n) is 4.22. The van der Waals surface area contributed by atoms with E-state index < -0.39 is 5.97 Å². The Morgan fingerprint density at radius 1 is 1.35 bits per heavy atom. The van der Waals surface area contributed by atoms with Gasteiger partial charge in [0.1, 0.15) is 10.6 Å². The number of rotatable bonds is 4. The Kier molecular flexibility index (Phi) is 4.29. The van der Waals surface area contributed by atoms with Gasteiger partial charge in [-0.1, -0.05) is 19.1 Å². The number of thiophene rings is 1. The van der Waals surface area contributed by atoms with Gasteiger partial charge in [0.25, 0.3) is 0 Å². The van der Waals surface area contributed by atoms with Crippen LogP contribution in [-0.2, 0) is 11.2 Å². The highest BCUT2D eigenvalue weighted by Gasteiger charge is 2.21. The van der Waals surface area contributed by atoms with Gasteiger partial charge < -0.3 is 15.2 Å². The maximum absolute atomic E-state index is 11.8. The maximum Gasteiger partial charge on any atom is 0.350 e. The number of anilines is 1. The minimum absolute atomic E-state index is 0.392. The standard InChI is InChI=1S/C15H17NO3S/c1-4-11-12(9-6-5-7-10(8-9)18-2)13(16)14(20-11)15(17)19-3/h5-8H,4,16H2,1-3H3. The lowest BCUT2D eigenvalue weighted by Gasteiger charge is -2.07. The lowest BCUT2D eigenvalue weighted by molar-refractivity contribution is 0.0607. The first kappa shape index (κ1) is 14.4. The van der Waals surface area contributed by atoms with Gasteiger partial charge in [-0.15, -0.1) is 11.3 Å². The number of aryl methyl sites for hydroxylation is 1. The van der Waals surface area contributed by atoms with Gasteiger partial charge in [-0.2, -0.15) is 0 Å². The molecule has 0 atom stereocenters. The second kappa shape index (κ2) is 5.96. The van der Waals surface area contributed by atoms with Crippen molar-refractivity contribution in [3.05, 3.63) is 34.0 Å². The Morgan fingerprint density at radius 2 is 2.10 bits per heavy atom. The van der Waals surface area contributed by atoms with Crippen LogP contribution in [0.1, 0.15) is 21.5 Å². The van der Waals surface area contributed by atoms with E-state index in [1.54, 1.807) is 7.11 Å². The van der Waals surface area contributed by atoms with Gasteiger partial charge in [0.05, 0.1) is 19.9 Å². The third kappa shape index (κ3) is 2.49. The van der Waals surface area contributed by atoms with Crippen molar-refractivity contribution in [2.24, 2.45) is 0 Å². The van der Waals surface area contributed by atoms with Gasteiger partial charge in [0.15, 0.2) is 0 Å². The normalized spacial score (nSPS) is 10.3. The summed E-state index contributed by atoms with van der Waals surface area (Å²) in [6, 6.07) is 7.65. The van der Waals surface area contributed by atoms with Gasteiger partial charge in [-0.25, -0.2) is 4.79 Å². The maximum atomic E-state index is 11.8. The lowest BCUT2D eigenvalue weighted by atomic mass is 10.0. The molecule has 0 aliphatic rings. The molecule has 0 aliphatic carbocycles. The molecule has 0 saturated heterocycles. The SMILES string of the molecule is CCc1sc(C(=O)OC)c(N)c1-c1cccc(OC)c1. The highest BCUT2D eigenvalue weighted by Crippen LogP contribution is 2.40. The van der Waals surface area contributed by atoms with Crippen LogP contribution >= 0.6 is 11.3 Å². The number of carbonyl (C=O) groups is 1. The van der Waals surface area contributed by atoms with Crippen molar-refractivity contribution >= 4 is 23.0 Å². The summed E-state index contributed by atoms with van der Waals surface area (Å²) in [4.78, 5) is 13.3. The Hall–Kier alpha value is -2.01. The third-order valence-electron chi connectivity index (χ3n) is 3.07. The minimum atomic E-state index is -0.392. The first-order chi connectivity index (χ1) is 9.62. The lowest BCUT2D eigenvalue weighted by Crippen LogP contribution is -2.02. The van der Waals surface area contributed by atoms with Gasteiger partial charge in [0, 0.05) is 10.4 Å². The zero-order chi connectivity index (χ0) is 14.7. The van der Waals surface area contributed by atoms with Crippen LogP contribution < -0.4 is 10.5 Å². The van der Waals surface area contributed by atoms with Gasteiger partial charge >= 0.3 is 5.97 Å². The number of methoxy groups -OCH3 is 2. The van der Waals surface area contributed by atoms with E-state index in [0.717, 1.165) is 28.2 Å². The predicted molar refractivity (Wildman–Crippen MR) is 81.4 cm³/mol. The van der Waals surface area contributed by atoms with Crippen molar-refractivity contribution in [2.45, 2.75) is 13.3 Å². The number of carbonyl (C=O) groups excluding carboxylic acids is 1. The van der Waals surface area contributed by atoms with E-state index in [1.807, 2.05) is 31.2 Å². The van der Waals surface area contributed by atoms with Crippen LogP contribution in [0.5, 0.6) is 5.75 Å². The summed E-state index contributed by atoms with van der Waals surface area (Å²) in [7, 11) is 2.98. The van der Waals surface area contributed by atoms with Crippen LogP contribution in [0.4, 0.5) is 5.69 Å². The number of esters is 1. The van der Waals surface area contributed by atoms with Crippen LogP contribution in [0, 0.1) is 0 Å². The molecule has 0 bridgehead atoms. The smallest absolute Gasteiger partial charge is 0.350 e. The van der Waals surface area contributed by atoms with E-state index in [-0.39, 0.29) is 0 Å². The van der Waals surface area contributed by atoms with E-state index in [9.17, 15) is 4.79 Å². The summed E-state index contributed by atoms with van der Waals surface area (Å²) in [6.07, 6.45) is 0.804. The van der Waals surface area contributed by atoms with E-state index >= 15 is 0 Å². The van der Waals surface area contributed by atoms with Crippen molar-refractivity contribution in [2.75, 3.05) is 20.0 Å². The van der Waals surface area contributed by atoms with Crippen molar-refractivity contribution in [1.29, 1.82) is 0 Å². The topological polar surface area (TPSA) is 61.5 Å². The Morgan fingerprint density at radius 3 is 2.70 bits per heavy atom. The molecule has 2 rings (SSSR count). The number of hydrogen-bond donors (Lipinski definition) is 1. The van der Waals surface area contributed by atoms with Crippen LogP contribution in [-0.4, -0.2) is 20.2 Å². The summed E-state index contributed by atoms with van der Waals surface area (Å²) in [5, 5.41) is 0. The van der Waals surface area contributed by atoms with E-state index in [0.29, 0.717) is 10.6 Å². The average Bonchev–Trinajstić information content (AvgIpc) is 2.83.